The first-order chi connectivity index (χ1) is 11.9. The van der Waals surface area contributed by atoms with E-state index in [0.717, 1.165) is 4.90 Å². The molecule has 0 radical (unpaired) electrons. The fourth-order valence-electron chi connectivity index (χ4n) is 2.31. The van der Waals surface area contributed by atoms with Crippen molar-refractivity contribution in [1.82, 2.24) is 5.32 Å². The fraction of sp³-hybridized carbons (Fsp3) is 0.294. The molecule has 8 heteroatoms. The maximum atomic E-state index is 12.4. The Morgan fingerprint density at radius 1 is 1.28 bits per heavy atom. The first kappa shape index (κ1) is 18.2. The van der Waals surface area contributed by atoms with Crippen LogP contribution in [0.4, 0.5) is 10.5 Å². The predicted octanol–water partition coefficient (Wildman–Crippen LogP) is 1.82. The number of carbonyl (C=O) groups is 3. The van der Waals surface area contributed by atoms with Crippen LogP contribution < -0.4 is 10.2 Å². The Bertz CT molecular complexity index is 724. The minimum absolute atomic E-state index is 0.126. The van der Waals surface area contributed by atoms with E-state index in [2.05, 4.69) is 10.5 Å². The van der Waals surface area contributed by atoms with E-state index in [4.69, 9.17) is 9.94 Å². The van der Waals surface area contributed by atoms with Crippen LogP contribution in [0, 0.1) is 0 Å². The molecule has 0 aromatic heterocycles. The monoisotopic (exact) mass is 345 g/mol. The molecule has 1 aliphatic heterocycles. The van der Waals surface area contributed by atoms with Gasteiger partial charge in [0.15, 0.2) is 0 Å². The van der Waals surface area contributed by atoms with Gasteiger partial charge in [-0.25, -0.2) is 9.69 Å². The van der Waals surface area contributed by atoms with Gasteiger partial charge in [0.05, 0.1) is 11.4 Å². The molecule has 3 amide bonds. The van der Waals surface area contributed by atoms with E-state index < -0.39 is 12.1 Å². The Balaban J connectivity index is 2.02. The molecule has 25 heavy (non-hydrogen) atoms. The molecule has 0 aliphatic carbocycles. The lowest BCUT2D eigenvalue weighted by atomic mass is 10.1. The van der Waals surface area contributed by atoms with Crippen molar-refractivity contribution in [2.75, 3.05) is 11.5 Å². The van der Waals surface area contributed by atoms with Gasteiger partial charge in [-0.2, -0.15) is 0 Å². The number of nitrogens with one attached hydrogen (secondary N) is 1. The van der Waals surface area contributed by atoms with Gasteiger partial charge >= 0.3 is 12.0 Å². The number of esters is 1. The Morgan fingerprint density at radius 3 is 2.56 bits per heavy atom. The number of benzene rings is 1. The van der Waals surface area contributed by atoms with Crippen molar-refractivity contribution >= 4 is 29.3 Å². The molecule has 0 spiro atoms. The Hall–Kier alpha value is -3.16. The standard InChI is InChI=1S/C17H19N3O5/c1-11(19-24)13-6-8-14(9-7-13)20-16(22)15(18-17(20)23)5-3-4-10-25-12(2)21/h3-4,6-9,15,24H,5,10H2,1-2H3,(H,18,23)/b4-3+,19-11+. The van der Waals surface area contributed by atoms with E-state index in [1.165, 1.54) is 6.92 Å². The molecule has 0 bridgehead atoms. The number of imide groups is 1. The molecular weight excluding hydrogens is 326 g/mol. The number of oxime groups is 1. The number of carbonyl (C=O) groups excluding carboxylic acids is 3. The van der Waals surface area contributed by atoms with Crippen molar-refractivity contribution in [3.05, 3.63) is 42.0 Å². The van der Waals surface area contributed by atoms with E-state index in [0.29, 0.717) is 23.4 Å². The van der Waals surface area contributed by atoms with Crippen molar-refractivity contribution in [2.24, 2.45) is 5.16 Å². The maximum absolute atomic E-state index is 12.4. The van der Waals surface area contributed by atoms with E-state index in [-0.39, 0.29) is 18.5 Å². The van der Waals surface area contributed by atoms with Crippen LogP contribution in [-0.4, -0.2) is 41.5 Å². The summed E-state index contributed by atoms with van der Waals surface area (Å²) in [5.74, 6) is -0.742. The zero-order valence-electron chi connectivity index (χ0n) is 13.9. The van der Waals surface area contributed by atoms with Crippen molar-refractivity contribution in [3.8, 4) is 0 Å². The summed E-state index contributed by atoms with van der Waals surface area (Å²) >= 11 is 0. The molecule has 1 aromatic carbocycles. The average molecular weight is 345 g/mol. The van der Waals surface area contributed by atoms with Crippen LogP contribution in [-0.2, 0) is 14.3 Å². The zero-order chi connectivity index (χ0) is 18.4. The average Bonchev–Trinajstić information content (AvgIpc) is 2.87. The SMILES string of the molecule is CC(=O)OC/C=C/CC1NC(=O)N(c2ccc(/C(C)=N/O)cc2)C1=O. The summed E-state index contributed by atoms with van der Waals surface area (Å²) < 4.78 is 4.75. The Morgan fingerprint density at radius 2 is 1.96 bits per heavy atom. The highest BCUT2D eigenvalue weighted by molar-refractivity contribution is 6.21. The van der Waals surface area contributed by atoms with Crippen molar-refractivity contribution in [2.45, 2.75) is 26.3 Å². The molecule has 1 aromatic rings. The van der Waals surface area contributed by atoms with Gasteiger partial charge in [0.1, 0.15) is 12.6 Å². The summed E-state index contributed by atoms with van der Waals surface area (Å²) in [5, 5.41) is 14.5. The molecule has 1 saturated heterocycles. The van der Waals surface area contributed by atoms with Crippen LogP contribution in [0.3, 0.4) is 0 Å². The van der Waals surface area contributed by atoms with E-state index in [1.807, 2.05) is 0 Å². The molecular formula is C17H19N3O5. The van der Waals surface area contributed by atoms with Crippen molar-refractivity contribution in [1.29, 1.82) is 0 Å². The number of anilines is 1. The van der Waals surface area contributed by atoms with Gasteiger partial charge in [0.2, 0.25) is 0 Å². The molecule has 1 atom stereocenters. The second kappa shape index (κ2) is 8.09. The normalized spacial score (nSPS) is 17.9. The van der Waals surface area contributed by atoms with E-state index in [1.54, 1.807) is 43.3 Å². The molecule has 1 unspecified atom stereocenters. The van der Waals surface area contributed by atoms with Gasteiger partial charge < -0.3 is 15.3 Å². The summed E-state index contributed by atoms with van der Waals surface area (Å²) in [4.78, 5) is 36.2. The second-order valence-corrected chi connectivity index (χ2v) is 5.42. The van der Waals surface area contributed by atoms with Crippen LogP contribution in [0.5, 0.6) is 0 Å². The van der Waals surface area contributed by atoms with Crippen LogP contribution in [0.2, 0.25) is 0 Å². The third-order valence-electron chi connectivity index (χ3n) is 3.63. The van der Waals surface area contributed by atoms with Crippen LogP contribution >= 0.6 is 0 Å². The zero-order valence-corrected chi connectivity index (χ0v) is 13.9. The highest BCUT2D eigenvalue weighted by Crippen LogP contribution is 2.21. The summed E-state index contributed by atoms with van der Waals surface area (Å²) in [5.41, 5.74) is 1.55. The lowest BCUT2D eigenvalue weighted by molar-refractivity contribution is -0.139. The molecule has 2 rings (SSSR count). The molecule has 132 valence electrons. The second-order valence-electron chi connectivity index (χ2n) is 5.42. The number of hydrogen-bond donors (Lipinski definition) is 2. The highest BCUT2D eigenvalue weighted by atomic mass is 16.5. The molecule has 8 nitrogen and oxygen atoms in total. The molecule has 2 N–H and O–H groups in total. The summed E-state index contributed by atoms with van der Waals surface area (Å²) in [6.45, 7) is 3.08. The third kappa shape index (κ3) is 4.43. The number of nitrogens with zero attached hydrogens (tertiary/aromatic N) is 2. The summed E-state index contributed by atoms with van der Waals surface area (Å²) in [6, 6.07) is 5.39. The quantitative estimate of drug-likeness (QED) is 0.204. The fourth-order valence-corrected chi connectivity index (χ4v) is 2.31. The number of hydrogen-bond acceptors (Lipinski definition) is 6. The van der Waals surface area contributed by atoms with Gasteiger partial charge in [0, 0.05) is 6.92 Å². The number of ether oxygens (including phenoxy) is 1. The minimum atomic E-state index is -0.665. The Labute approximate surface area is 144 Å². The van der Waals surface area contributed by atoms with Gasteiger partial charge in [0.25, 0.3) is 5.91 Å². The van der Waals surface area contributed by atoms with Gasteiger partial charge in [-0.05, 0) is 31.0 Å². The van der Waals surface area contributed by atoms with Gasteiger partial charge in [-0.15, -0.1) is 0 Å². The highest BCUT2D eigenvalue weighted by Gasteiger charge is 2.38. The smallest absolute Gasteiger partial charge is 0.329 e. The molecule has 1 fully saturated rings. The first-order valence-corrected chi connectivity index (χ1v) is 7.66. The van der Waals surface area contributed by atoms with Gasteiger partial charge in [-0.3, -0.25) is 9.59 Å². The first-order valence-electron chi connectivity index (χ1n) is 7.66. The van der Waals surface area contributed by atoms with Crippen LogP contribution in [0.15, 0.2) is 41.6 Å². The minimum Gasteiger partial charge on any atom is -0.462 e. The van der Waals surface area contributed by atoms with Crippen LogP contribution in [0.25, 0.3) is 0 Å². The number of urea groups is 1. The van der Waals surface area contributed by atoms with Gasteiger partial charge in [-0.1, -0.05) is 29.4 Å². The van der Waals surface area contributed by atoms with Crippen LogP contribution in [0.1, 0.15) is 25.8 Å². The Kier molecular flexibility index (Phi) is 5.89. The molecule has 0 saturated carbocycles. The lowest BCUT2D eigenvalue weighted by Gasteiger charge is -2.13. The number of rotatable bonds is 6. The maximum Gasteiger partial charge on any atom is 0.329 e. The molecule has 1 aliphatic rings. The molecule has 1 heterocycles. The van der Waals surface area contributed by atoms with E-state index >= 15 is 0 Å². The lowest BCUT2D eigenvalue weighted by Crippen LogP contribution is -2.31. The number of amides is 3. The largest absolute Gasteiger partial charge is 0.462 e. The summed E-state index contributed by atoms with van der Waals surface area (Å²) in [7, 11) is 0. The van der Waals surface area contributed by atoms with Crippen molar-refractivity contribution < 1.29 is 24.3 Å². The predicted molar refractivity (Wildman–Crippen MR) is 90.6 cm³/mol. The third-order valence-corrected chi connectivity index (χ3v) is 3.63. The summed E-state index contributed by atoms with van der Waals surface area (Å²) in [6.07, 6.45) is 3.60. The van der Waals surface area contributed by atoms with E-state index in [9.17, 15) is 14.4 Å². The topological polar surface area (TPSA) is 108 Å². The van der Waals surface area contributed by atoms with Crippen molar-refractivity contribution in [3.63, 3.8) is 0 Å².